The van der Waals surface area contributed by atoms with Gasteiger partial charge in [0.05, 0.1) is 19.3 Å². The molecular weight excluding hydrogens is 372 g/mol. The zero-order valence-electron chi connectivity index (χ0n) is 15.1. The molecule has 2 aromatic rings. The summed E-state index contributed by atoms with van der Waals surface area (Å²) in [6.07, 6.45) is 0. The van der Waals surface area contributed by atoms with Gasteiger partial charge in [0.15, 0.2) is 0 Å². The number of esters is 1. The molecule has 144 valence electrons. The normalized spacial score (nSPS) is 10.9. The van der Waals surface area contributed by atoms with Crippen LogP contribution in [-0.4, -0.2) is 41.1 Å². The van der Waals surface area contributed by atoms with Gasteiger partial charge in [-0.15, -0.1) is 0 Å². The summed E-state index contributed by atoms with van der Waals surface area (Å²) in [5.74, 6) is -0.832. The standard InChI is InChI=1S/C18H20N2O6S/c1-4-26-18(22)12-5-8-14(9-6-12)20-17(21)13-7-10-15(25-3)16(11-13)27(23,24)19-2/h5-11,19H,4H2,1-3H3,(H,20,21). The molecule has 0 aliphatic carbocycles. The summed E-state index contributed by atoms with van der Waals surface area (Å²) in [6.45, 7) is 1.98. The molecule has 0 saturated heterocycles. The van der Waals surface area contributed by atoms with Gasteiger partial charge < -0.3 is 14.8 Å². The number of rotatable bonds is 7. The molecule has 8 nitrogen and oxygen atoms in total. The summed E-state index contributed by atoms with van der Waals surface area (Å²) in [4.78, 5) is 23.9. The molecule has 0 radical (unpaired) electrons. The first-order chi connectivity index (χ1) is 12.8. The van der Waals surface area contributed by atoms with Crippen molar-refractivity contribution in [3.8, 4) is 5.75 Å². The summed E-state index contributed by atoms with van der Waals surface area (Å²) in [6, 6.07) is 10.3. The van der Waals surface area contributed by atoms with Crippen molar-refractivity contribution in [1.29, 1.82) is 0 Å². The van der Waals surface area contributed by atoms with Crippen LogP contribution in [0.4, 0.5) is 5.69 Å². The highest BCUT2D eigenvalue weighted by Gasteiger charge is 2.20. The van der Waals surface area contributed by atoms with Crippen molar-refractivity contribution in [2.24, 2.45) is 0 Å². The van der Waals surface area contributed by atoms with Gasteiger partial charge in [-0.2, -0.15) is 0 Å². The van der Waals surface area contributed by atoms with Crippen LogP contribution in [0.1, 0.15) is 27.6 Å². The van der Waals surface area contributed by atoms with Gasteiger partial charge in [0.1, 0.15) is 10.6 Å². The Labute approximate surface area is 157 Å². The lowest BCUT2D eigenvalue weighted by molar-refractivity contribution is 0.0526. The Kier molecular flexibility index (Phi) is 6.54. The van der Waals surface area contributed by atoms with E-state index in [1.54, 1.807) is 19.1 Å². The largest absolute Gasteiger partial charge is 0.495 e. The predicted octanol–water partition coefficient (Wildman–Crippen LogP) is 2.03. The summed E-state index contributed by atoms with van der Waals surface area (Å²) in [5.41, 5.74) is 0.947. The van der Waals surface area contributed by atoms with Gasteiger partial charge in [-0.05, 0) is 56.4 Å². The average Bonchev–Trinajstić information content (AvgIpc) is 2.68. The van der Waals surface area contributed by atoms with Crippen molar-refractivity contribution in [2.75, 3.05) is 26.1 Å². The Balaban J connectivity index is 2.23. The number of anilines is 1. The SMILES string of the molecule is CCOC(=O)c1ccc(NC(=O)c2ccc(OC)c(S(=O)(=O)NC)c2)cc1. The van der Waals surface area contributed by atoms with E-state index in [4.69, 9.17) is 9.47 Å². The van der Waals surface area contributed by atoms with Crippen LogP contribution in [0, 0.1) is 0 Å². The number of hydrogen-bond donors (Lipinski definition) is 2. The minimum Gasteiger partial charge on any atom is -0.495 e. The van der Waals surface area contributed by atoms with Crippen molar-refractivity contribution < 1.29 is 27.5 Å². The quantitative estimate of drug-likeness (QED) is 0.698. The smallest absolute Gasteiger partial charge is 0.338 e. The van der Waals surface area contributed by atoms with Gasteiger partial charge >= 0.3 is 5.97 Å². The first-order valence-electron chi connectivity index (χ1n) is 8.02. The van der Waals surface area contributed by atoms with Gasteiger partial charge in [0.2, 0.25) is 10.0 Å². The van der Waals surface area contributed by atoms with E-state index >= 15 is 0 Å². The maximum Gasteiger partial charge on any atom is 0.338 e. The molecule has 0 atom stereocenters. The van der Waals surface area contributed by atoms with Crippen molar-refractivity contribution in [2.45, 2.75) is 11.8 Å². The van der Waals surface area contributed by atoms with Crippen LogP contribution in [0.25, 0.3) is 0 Å². The minimum absolute atomic E-state index is 0.125. The van der Waals surface area contributed by atoms with Gasteiger partial charge in [-0.1, -0.05) is 0 Å². The Hall–Kier alpha value is -2.91. The van der Waals surface area contributed by atoms with E-state index in [1.807, 2.05) is 0 Å². The molecule has 0 aliphatic heterocycles. The molecule has 0 fully saturated rings. The Bertz CT molecular complexity index is 939. The molecule has 2 aromatic carbocycles. The molecule has 27 heavy (non-hydrogen) atoms. The van der Waals surface area contributed by atoms with Crippen LogP contribution in [0.5, 0.6) is 5.75 Å². The molecule has 0 spiro atoms. The van der Waals surface area contributed by atoms with Crippen LogP contribution in [0.15, 0.2) is 47.4 Å². The fourth-order valence-corrected chi connectivity index (χ4v) is 3.16. The molecule has 0 saturated carbocycles. The molecular formula is C18H20N2O6S. The Morgan fingerprint density at radius 2 is 1.67 bits per heavy atom. The van der Waals surface area contributed by atoms with Gasteiger partial charge in [0.25, 0.3) is 5.91 Å². The third kappa shape index (κ3) is 4.83. The summed E-state index contributed by atoms with van der Waals surface area (Å²) < 4.78 is 36.3. The predicted molar refractivity (Wildman–Crippen MR) is 99.6 cm³/mol. The minimum atomic E-state index is -3.80. The Morgan fingerprint density at radius 1 is 1.04 bits per heavy atom. The summed E-state index contributed by atoms with van der Waals surface area (Å²) >= 11 is 0. The first-order valence-corrected chi connectivity index (χ1v) is 9.50. The lowest BCUT2D eigenvalue weighted by Crippen LogP contribution is -2.20. The monoisotopic (exact) mass is 392 g/mol. The zero-order valence-corrected chi connectivity index (χ0v) is 15.9. The second-order valence-electron chi connectivity index (χ2n) is 5.33. The van der Waals surface area contributed by atoms with E-state index in [1.165, 1.54) is 44.5 Å². The van der Waals surface area contributed by atoms with E-state index in [2.05, 4.69) is 10.0 Å². The molecule has 0 aliphatic rings. The fourth-order valence-electron chi connectivity index (χ4n) is 2.25. The highest BCUT2D eigenvalue weighted by atomic mass is 32.2. The third-order valence-corrected chi connectivity index (χ3v) is 5.07. The number of carbonyl (C=O) groups is 2. The van der Waals surface area contributed by atoms with Crippen molar-refractivity contribution in [3.05, 3.63) is 53.6 Å². The third-order valence-electron chi connectivity index (χ3n) is 3.64. The summed E-state index contributed by atoms with van der Waals surface area (Å²) in [7, 11) is -1.18. The molecule has 1 amide bonds. The number of amides is 1. The van der Waals surface area contributed by atoms with Gasteiger partial charge in [-0.3, -0.25) is 4.79 Å². The number of ether oxygens (including phenoxy) is 2. The van der Waals surface area contributed by atoms with Crippen molar-refractivity contribution in [3.63, 3.8) is 0 Å². The molecule has 0 aromatic heterocycles. The van der Waals surface area contributed by atoms with E-state index in [9.17, 15) is 18.0 Å². The molecule has 2 rings (SSSR count). The average molecular weight is 392 g/mol. The molecule has 0 bridgehead atoms. The van der Waals surface area contributed by atoms with Crippen LogP contribution in [0.3, 0.4) is 0 Å². The number of sulfonamides is 1. The molecule has 9 heteroatoms. The van der Waals surface area contributed by atoms with Crippen LogP contribution >= 0.6 is 0 Å². The van der Waals surface area contributed by atoms with E-state index in [0.29, 0.717) is 11.3 Å². The number of nitrogens with one attached hydrogen (secondary N) is 2. The molecule has 2 N–H and O–H groups in total. The van der Waals surface area contributed by atoms with Crippen LogP contribution < -0.4 is 14.8 Å². The van der Waals surface area contributed by atoms with Crippen molar-refractivity contribution >= 4 is 27.6 Å². The second kappa shape index (κ2) is 8.65. The zero-order chi connectivity index (χ0) is 20.0. The molecule has 0 heterocycles. The lowest BCUT2D eigenvalue weighted by Gasteiger charge is -2.11. The fraction of sp³-hybridized carbons (Fsp3) is 0.222. The summed E-state index contributed by atoms with van der Waals surface area (Å²) in [5, 5.41) is 2.64. The lowest BCUT2D eigenvalue weighted by atomic mass is 10.1. The first kappa shape index (κ1) is 20.4. The van der Waals surface area contributed by atoms with Crippen LogP contribution in [-0.2, 0) is 14.8 Å². The van der Waals surface area contributed by atoms with Crippen LogP contribution in [0.2, 0.25) is 0 Å². The topological polar surface area (TPSA) is 111 Å². The van der Waals surface area contributed by atoms with Gasteiger partial charge in [-0.25, -0.2) is 17.9 Å². The van der Waals surface area contributed by atoms with Crippen molar-refractivity contribution in [1.82, 2.24) is 4.72 Å². The maximum atomic E-state index is 12.4. The Morgan fingerprint density at radius 3 is 2.22 bits per heavy atom. The number of hydrogen-bond acceptors (Lipinski definition) is 6. The van der Waals surface area contributed by atoms with Gasteiger partial charge in [0, 0.05) is 11.3 Å². The molecule has 0 unspecified atom stereocenters. The van der Waals surface area contributed by atoms with E-state index in [-0.39, 0.29) is 22.8 Å². The maximum absolute atomic E-state index is 12.4. The second-order valence-corrected chi connectivity index (χ2v) is 7.18. The highest BCUT2D eigenvalue weighted by molar-refractivity contribution is 7.89. The number of carbonyl (C=O) groups excluding carboxylic acids is 2. The highest BCUT2D eigenvalue weighted by Crippen LogP contribution is 2.25. The van der Waals surface area contributed by atoms with E-state index < -0.39 is 21.9 Å². The van der Waals surface area contributed by atoms with E-state index in [0.717, 1.165) is 0 Å². The number of benzene rings is 2. The number of methoxy groups -OCH3 is 1.